The van der Waals surface area contributed by atoms with Crippen LogP contribution in [0.1, 0.15) is 48.2 Å². The van der Waals surface area contributed by atoms with Gasteiger partial charge in [-0.15, -0.1) is 11.3 Å². The van der Waals surface area contributed by atoms with Crippen molar-refractivity contribution in [2.75, 3.05) is 13.2 Å². The topological polar surface area (TPSA) is 48.4 Å². The lowest BCUT2D eigenvalue weighted by atomic mass is 9.91. The quantitative estimate of drug-likeness (QED) is 0.771. The van der Waals surface area contributed by atoms with Crippen molar-refractivity contribution >= 4 is 17.3 Å². The van der Waals surface area contributed by atoms with Crippen molar-refractivity contribution in [1.82, 2.24) is 4.98 Å². The van der Waals surface area contributed by atoms with Crippen molar-refractivity contribution < 1.29 is 14.3 Å². The van der Waals surface area contributed by atoms with Gasteiger partial charge in [-0.25, -0.2) is 4.98 Å². The Kier molecular flexibility index (Phi) is 4.72. The molecule has 4 nitrogen and oxygen atoms in total. The number of fused-ring (bicyclic) bond motifs is 1. The van der Waals surface area contributed by atoms with Gasteiger partial charge in [0.2, 0.25) is 0 Å². The number of ether oxygens (including phenoxy) is 2. The maximum Gasteiger partial charge on any atom is 0.315 e. The van der Waals surface area contributed by atoms with Gasteiger partial charge in [0.25, 0.3) is 0 Å². The minimum absolute atomic E-state index is 0.133. The highest BCUT2D eigenvalue weighted by molar-refractivity contribution is 7.11. The number of nitrogens with zero attached hydrogens (tertiary/aromatic N) is 1. The van der Waals surface area contributed by atoms with Gasteiger partial charge in [-0.05, 0) is 33.1 Å². The second-order valence-corrected chi connectivity index (χ2v) is 5.42. The molecule has 1 aromatic heterocycles. The molecule has 18 heavy (non-hydrogen) atoms. The molecule has 0 bridgehead atoms. The van der Waals surface area contributed by atoms with Gasteiger partial charge in [0.15, 0.2) is 0 Å². The predicted octanol–water partition coefficient (Wildman–Crippen LogP) is 2.66. The molecule has 0 radical (unpaired) electrons. The number of carbonyl (C=O) groups excluding carboxylic acids is 1. The fraction of sp³-hybridized carbons (Fsp3) is 0.692. The van der Waals surface area contributed by atoms with Crippen molar-refractivity contribution in [1.29, 1.82) is 0 Å². The van der Waals surface area contributed by atoms with Crippen LogP contribution in [-0.2, 0) is 27.3 Å². The fourth-order valence-corrected chi connectivity index (χ4v) is 3.30. The van der Waals surface area contributed by atoms with E-state index in [1.807, 2.05) is 13.8 Å². The Morgan fingerprint density at radius 2 is 2.28 bits per heavy atom. The van der Waals surface area contributed by atoms with E-state index in [0.717, 1.165) is 30.0 Å². The summed E-state index contributed by atoms with van der Waals surface area (Å²) in [6, 6.07) is 0. The molecule has 0 amide bonds. The summed E-state index contributed by atoms with van der Waals surface area (Å²) in [5.41, 5.74) is 0.930. The fourth-order valence-electron chi connectivity index (χ4n) is 2.19. The Hall–Kier alpha value is -0.940. The third-order valence-corrected chi connectivity index (χ3v) is 4.10. The summed E-state index contributed by atoms with van der Waals surface area (Å²) in [5.74, 6) is -0.299. The van der Waals surface area contributed by atoms with Crippen LogP contribution in [0.15, 0.2) is 0 Å². The van der Waals surface area contributed by atoms with E-state index in [-0.39, 0.29) is 11.9 Å². The number of aryl methyl sites for hydroxylation is 1. The monoisotopic (exact) mass is 269 g/mol. The zero-order chi connectivity index (χ0) is 13.0. The summed E-state index contributed by atoms with van der Waals surface area (Å²) in [6.07, 6.45) is 2.91. The molecule has 0 aromatic carbocycles. The van der Waals surface area contributed by atoms with Crippen molar-refractivity contribution in [2.24, 2.45) is 0 Å². The minimum atomic E-state index is -0.166. The zero-order valence-electron chi connectivity index (χ0n) is 10.9. The molecule has 1 atom stereocenters. The number of aromatic nitrogens is 1. The molecule has 1 aliphatic rings. The molecule has 0 saturated carbocycles. The molecule has 0 N–H and O–H groups in total. The second kappa shape index (κ2) is 6.29. The summed E-state index contributed by atoms with van der Waals surface area (Å²) in [6.45, 7) is 5.47. The molecule has 1 aromatic rings. The standard InChI is InChI=1S/C13H19NO3S/c1-3-16-8-11-14-12-9(13(15)17-4-2)6-5-7-10(12)18-11/h9H,3-8H2,1-2H3. The van der Waals surface area contributed by atoms with E-state index >= 15 is 0 Å². The first-order chi connectivity index (χ1) is 8.76. The molecule has 100 valence electrons. The lowest BCUT2D eigenvalue weighted by Crippen LogP contribution is -2.20. The Labute approximate surface area is 111 Å². The molecule has 2 rings (SSSR count). The first kappa shape index (κ1) is 13.5. The van der Waals surface area contributed by atoms with Crippen molar-refractivity contribution in [3.8, 4) is 0 Å². The Morgan fingerprint density at radius 1 is 1.44 bits per heavy atom. The molecular weight excluding hydrogens is 250 g/mol. The van der Waals surface area contributed by atoms with Gasteiger partial charge in [0.05, 0.1) is 18.9 Å². The average molecular weight is 269 g/mol. The summed E-state index contributed by atoms with van der Waals surface area (Å²) < 4.78 is 10.5. The van der Waals surface area contributed by atoms with Crippen LogP contribution in [0.3, 0.4) is 0 Å². The van der Waals surface area contributed by atoms with Gasteiger partial charge in [0, 0.05) is 11.5 Å². The van der Waals surface area contributed by atoms with Crippen LogP contribution in [0.2, 0.25) is 0 Å². The number of hydrogen-bond acceptors (Lipinski definition) is 5. The van der Waals surface area contributed by atoms with Crippen molar-refractivity contribution in [3.05, 3.63) is 15.6 Å². The molecule has 1 aliphatic carbocycles. The van der Waals surface area contributed by atoms with E-state index in [4.69, 9.17) is 9.47 Å². The van der Waals surface area contributed by atoms with Crippen LogP contribution in [0, 0.1) is 0 Å². The maximum atomic E-state index is 11.9. The maximum absolute atomic E-state index is 11.9. The lowest BCUT2D eigenvalue weighted by Gasteiger charge is -2.19. The number of hydrogen-bond donors (Lipinski definition) is 0. The predicted molar refractivity (Wildman–Crippen MR) is 69.8 cm³/mol. The van der Waals surface area contributed by atoms with Crippen molar-refractivity contribution in [3.63, 3.8) is 0 Å². The van der Waals surface area contributed by atoms with E-state index in [1.54, 1.807) is 11.3 Å². The largest absolute Gasteiger partial charge is 0.465 e. The molecule has 1 heterocycles. The molecule has 0 saturated heterocycles. The third kappa shape index (κ3) is 2.90. The third-order valence-electron chi connectivity index (χ3n) is 3.00. The van der Waals surface area contributed by atoms with E-state index < -0.39 is 0 Å². The number of esters is 1. The number of carbonyl (C=O) groups is 1. The Bertz CT molecular complexity index is 416. The first-order valence-electron chi connectivity index (χ1n) is 6.49. The van der Waals surface area contributed by atoms with E-state index in [2.05, 4.69) is 4.98 Å². The second-order valence-electron chi connectivity index (χ2n) is 4.25. The van der Waals surface area contributed by atoms with Gasteiger partial charge in [-0.3, -0.25) is 4.79 Å². The number of thiazole rings is 1. The highest BCUT2D eigenvalue weighted by Gasteiger charge is 2.31. The Balaban J connectivity index is 2.15. The van der Waals surface area contributed by atoms with Crippen molar-refractivity contribution in [2.45, 2.75) is 45.6 Å². The Morgan fingerprint density at radius 3 is 3.00 bits per heavy atom. The van der Waals surface area contributed by atoms with Gasteiger partial charge in [-0.2, -0.15) is 0 Å². The van der Waals surface area contributed by atoms with Crippen LogP contribution in [-0.4, -0.2) is 24.2 Å². The van der Waals surface area contributed by atoms with E-state index in [9.17, 15) is 4.79 Å². The van der Waals surface area contributed by atoms with Gasteiger partial charge in [-0.1, -0.05) is 0 Å². The minimum Gasteiger partial charge on any atom is -0.465 e. The molecule has 0 spiro atoms. The van der Waals surface area contributed by atoms with Crippen LogP contribution in [0.4, 0.5) is 0 Å². The van der Waals surface area contributed by atoms with Crippen LogP contribution in [0.25, 0.3) is 0 Å². The van der Waals surface area contributed by atoms with Gasteiger partial charge >= 0.3 is 5.97 Å². The van der Waals surface area contributed by atoms with Crippen LogP contribution >= 0.6 is 11.3 Å². The average Bonchev–Trinajstić information content (AvgIpc) is 2.79. The SMILES string of the molecule is CCOCc1nc2c(s1)CCCC2C(=O)OCC. The van der Waals surface area contributed by atoms with Gasteiger partial charge in [0.1, 0.15) is 10.9 Å². The summed E-state index contributed by atoms with van der Waals surface area (Å²) in [4.78, 5) is 17.7. The first-order valence-corrected chi connectivity index (χ1v) is 7.30. The smallest absolute Gasteiger partial charge is 0.315 e. The molecular formula is C13H19NO3S. The molecule has 1 unspecified atom stereocenters. The van der Waals surface area contributed by atoms with E-state index in [0.29, 0.717) is 19.8 Å². The normalized spacial score (nSPS) is 18.4. The van der Waals surface area contributed by atoms with Gasteiger partial charge < -0.3 is 9.47 Å². The highest BCUT2D eigenvalue weighted by Crippen LogP contribution is 2.35. The molecule has 0 fully saturated rings. The van der Waals surface area contributed by atoms with E-state index in [1.165, 1.54) is 4.88 Å². The summed E-state index contributed by atoms with van der Waals surface area (Å²) >= 11 is 1.67. The van der Waals surface area contributed by atoms with Crippen LogP contribution in [0.5, 0.6) is 0 Å². The number of rotatable bonds is 5. The molecule has 0 aliphatic heterocycles. The molecule has 5 heteroatoms. The summed E-state index contributed by atoms with van der Waals surface area (Å²) in [5, 5.41) is 0.970. The highest BCUT2D eigenvalue weighted by atomic mass is 32.1. The van der Waals surface area contributed by atoms with Crippen LogP contribution < -0.4 is 0 Å². The summed E-state index contributed by atoms with van der Waals surface area (Å²) in [7, 11) is 0. The lowest BCUT2D eigenvalue weighted by molar-refractivity contribution is -0.145. The zero-order valence-corrected chi connectivity index (χ0v) is 11.7.